The van der Waals surface area contributed by atoms with Gasteiger partial charge in [-0.1, -0.05) is 13.0 Å². The molecule has 210 valence electrons. The molecule has 0 radical (unpaired) electrons. The first-order chi connectivity index (χ1) is 18.3. The molecular weight excluding hydrogens is 486 g/mol. The molecule has 2 unspecified atom stereocenters. The molecule has 2 aromatic rings. The maximum atomic E-state index is 10.1. The monoisotopic (exact) mass is 529 g/mol. The number of furan rings is 1. The molecule has 0 aliphatic heterocycles. The zero-order valence-corrected chi connectivity index (χ0v) is 22.8. The van der Waals surface area contributed by atoms with Crippen LogP contribution in [0.3, 0.4) is 0 Å². The lowest BCUT2D eigenvalue weighted by Gasteiger charge is -2.23. The number of benzene rings is 1. The van der Waals surface area contributed by atoms with Gasteiger partial charge in [0.1, 0.15) is 18.3 Å². The number of rotatable bonds is 19. The molecule has 0 aliphatic carbocycles. The maximum absolute atomic E-state index is 10.1. The summed E-state index contributed by atoms with van der Waals surface area (Å²) in [5.41, 5.74) is 13.8. The standard InChI is InChI=1S/C28H43N5O5/c1-5-21(11-14-24(38-20(3)4)15-17-35-6-2)25(32-23-12-9-22(10-13-23)27(29)30)18-36-19-31-33-28(34)26-8-7-16-37-26/h7-14,16,20,25,28,31-34H,5-6,15,17-19H2,1-4H3,(H3,29,30)/b21-11+,24-14+. The predicted octanol–water partition coefficient (Wildman–Crippen LogP) is 4.18. The van der Waals surface area contributed by atoms with Crippen LogP contribution in [0.15, 0.2) is 70.6 Å². The van der Waals surface area contributed by atoms with Crippen LogP contribution in [0.25, 0.3) is 0 Å². The second-order valence-corrected chi connectivity index (χ2v) is 8.78. The lowest BCUT2D eigenvalue weighted by molar-refractivity contribution is 0.0516. The van der Waals surface area contributed by atoms with Crippen LogP contribution in [-0.2, 0) is 14.2 Å². The van der Waals surface area contributed by atoms with E-state index >= 15 is 0 Å². The number of nitrogen functional groups attached to an aromatic ring is 1. The minimum absolute atomic E-state index is 0.0239. The van der Waals surface area contributed by atoms with Crippen LogP contribution in [0.1, 0.15) is 58.1 Å². The Morgan fingerprint density at radius 3 is 2.50 bits per heavy atom. The highest BCUT2D eigenvalue weighted by Crippen LogP contribution is 2.18. The number of ether oxygens (including phenoxy) is 3. The topological polar surface area (TPSA) is 147 Å². The van der Waals surface area contributed by atoms with E-state index in [2.05, 4.69) is 29.2 Å². The van der Waals surface area contributed by atoms with E-state index in [-0.39, 0.29) is 24.7 Å². The summed E-state index contributed by atoms with van der Waals surface area (Å²) >= 11 is 0. The highest BCUT2D eigenvalue weighted by molar-refractivity contribution is 5.95. The van der Waals surface area contributed by atoms with Gasteiger partial charge in [0.25, 0.3) is 0 Å². The fourth-order valence-corrected chi connectivity index (χ4v) is 3.55. The Bertz CT molecular complexity index is 990. The Kier molecular flexibility index (Phi) is 14.2. The number of allylic oxidation sites excluding steroid dienone is 2. The molecule has 1 heterocycles. The summed E-state index contributed by atoms with van der Waals surface area (Å²) in [7, 11) is 0. The van der Waals surface area contributed by atoms with E-state index in [1.54, 1.807) is 12.1 Å². The number of hydrogen-bond acceptors (Lipinski definition) is 9. The zero-order valence-electron chi connectivity index (χ0n) is 22.8. The van der Waals surface area contributed by atoms with Gasteiger partial charge in [0, 0.05) is 24.3 Å². The van der Waals surface area contributed by atoms with Gasteiger partial charge in [-0.25, -0.2) is 10.9 Å². The highest BCUT2D eigenvalue weighted by atomic mass is 16.5. The van der Waals surface area contributed by atoms with Crippen molar-refractivity contribution in [3.8, 4) is 0 Å². The Morgan fingerprint density at radius 1 is 1.13 bits per heavy atom. The van der Waals surface area contributed by atoms with Crippen LogP contribution < -0.4 is 21.9 Å². The van der Waals surface area contributed by atoms with E-state index in [9.17, 15) is 5.11 Å². The molecular formula is C28H43N5O5. The third-order valence-electron chi connectivity index (χ3n) is 5.47. The first-order valence-corrected chi connectivity index (χ1v) is 13.0. The number of nitrogens with one attached hydrogen (secondary N) is 4. The van der Waals surface area contributed by atoms with Crippen molar-refractivity contribution in [1.29, 1.82) is 5.41 Å². The smallest absolute Gasteiger partial charge is 0.176 e. The number of amidine groups is 1. The fourth-order valence-electron chi connectivity index (χ4n) is 3.55. The van der Waals surface area contributed by atoms with Crippen molar-refractivity contribution >= 4 is 11.5 Å². The number of hydrazine groups is 1. The van der Waals surface area contributed by atoms with Gasteiger partial charge in [0.15, 0.2) is 6.23 Å². The number of aliphatic hydroxyl groups is 1. The number of nitrogens with two attached hydrogens (primary N) is 1. The average Bonchev–Trinajstić information content (AvgIpc) is 3.44. The molecule has 2 rings (SSSR count). The first-order valence-electron chi connectivity index (χ1n) is 13.0. The van der Waals surface area contributed by atoms with Crippen molar-refractivity contribution in [1.82, 2.24) is 10.9 Å². The Morgan fingerprint density at radius 2 is 1.89 bits per heavy atom. The van der Waals surface area contributed by atoms with Gasteiger partial charge in [-0.2, -0.15) is 0 Å². The third kappa shape index (κ3) is 11.5. The lowest BCUT2D eigenvalue weighted by Crippen LogP contribution is -2.38. The van der Waals surface area contributed by atoms with E-state index in [1.807, 2.05) is 51.1 Å². The molecule has 0 bridgehead atoms. The van der Waals surface area contributed by atoms with Crippen LogP contribution in [0, 0.1) is 5.41 Å². The summed E-state index contributed by atoms with van der Waals surface area (Å²) in [6.45, 7) is 9.85. The SMILES string of the molecule is CCOCC/C(=C\C=C(/CC)C(COCNNC(O)c1ccco1)Nc1ccc(C(=N)N)cc1)OC(C)C. The Hall–Kier alpha value is -3.15. The minimum atomic E-state index is -0.991. The summed E-state index contributed by atoms with van der Waals surface area (Å²) in [5.74, 6) is 1.29. The van der Waals surface area contributed by atoms with Gasteiger partial charge in [0.05, 0.1) is 37.4 Å². The Labute approximate surface area is 225 Å². The van der Waals surface area contributed by atoms with Gasteiger partial charge in [0.2, 0.25) is 0 Å². The summed E-state index contributed by atoms with van der Waals surface area (Å²) in [6.07, 6.45) is 6.12. The van der Waals surface area contributed by atoms with Gasteiger partial charge < -0.3 is 34.8 Å². The van der Waals surface area contributed by atoms with Crippen LogP contribution >= 0.6 is 0 Å². The molecule has 10 heteroatoms. The zero-order chi connectivity index (χ0) is 27.8. The quantitative estimate of drug-likeness (QED) is 0.0300. The van der Waals surface area contributed by atoms with Gasteiger partial charge in [-0.3, -0.25) is 5.41 Å². The van der Waals surface area contributed by atoms with E-state index in [1.165, 1.54) is 6.26 Å². The molecule has 0 saturated heterocycles. The van der Waals surface area contributed by atoms with Crippen LogP contribution in [-0.4, -0.2) is 49.6 Å². The highest BCUT2D eigenvalue weighted by Gasteiger charge is 2.15. The summed E-state index contributed by atoms with van der Waals surface area (Å²) in [4.78, 5) is 0. The van der Waals surface area contributed by atoms with Crippen LogP contribution in [0.2, 0.25) is 0 Å². The van der Waals surface area contributed by atoms with Crippen molar-refractivity contribution in [3.05, 3.63) is 77.5 Å². The van der Waals surface area contributed by atoms with E-state index in [0.29, 0.717) is 37.6 Å². The van der Waals surface area contributed by atoms with Gasteiger partial charge in [-0.05, 0) is 75.2 Å². The first kappa shape index (κ1) is 31.1. The molecule has 0 saturated carbocycles. The van der Waals surface area contributed by atoms with E-state index < -0.39 is 6.23 Å². The maximum Gasteiger partial charge on any atom is 0.176 e. The Balaban J connectivity index is 2.11. The molecule has 1 aromatic carbocycles. The minimum Gasteiger partial charge on any atom is -0.495 e. The molecule has 7 N–H and O–H groups in total. The van der Waals surface area contributed by atoms with E-state index in [0.717, 1.165) is 23.4 Å². The second-order valence-electron chi connectivity index (χ2n) is 8.78. The van der Waals surface area contributed by atoms with Crippen molar-refractivity contribution in [2.45, 2.75) is 58.9 Å². The van der Waals surface area contributed by atoms with Crippen LogP contribution in [0.5, 0.6) is 0 Å². The molecule has 0 amide bonds. The molecule has 0 spiro atoms. The van der Waals surface area contributed by atoms with Gasteiger partial charge in [-0.15, -0.1) is 0 Å². The molecule has 0 fully saturated rings. The average molecular weight is 530 g/mol. The summed E-state index contributed by atoms with van der Waals surface area (Å²) in [5, 5.41) is 21.2. The van der Waals surface area contributed by atoms with Crippen molar-refractivity contribution in [2.75, 3.05) is 31.9 Å². The number of aliphatic hydroxyl groups excluding tert-OH is 1. The molecule has 2 atom stereocenters. The predicted molar refractivity (Wildman–Crippen MR) is 149 cm³/mol. The fraction of sp³-hybridized carbons (Fsp3) is 0.464. The molecule has 1 aromatic heterocycles. The van der Waals surface area contributed by atoms with Gasteiger partial charge >= 0.3 is 0 Å². The van der Waals surface area contributed by atoms with Crippen LogP contribution in [0.4, 0.5) is 5.69 Å². The normalized spacial score (nSPS) is 13.9. The number of anilines is 1. The second kappa shape index (κ2) is 17.4. The summed E-state index contributed by atoms with van der Waals surface area (Å²) < 4.78 is 22.6. The molecule has 38 heavy (non-hydrogen) atoms. The lowest BCUT2D eigenvalue weighted by atomic mass is 10.0. The van der Waals surface area contributed by atoms with E-state index in [4.69, 9.17) is 29.8 Å². The van der Waals surface area contributed by atoms with Crippen molar-refractivity contribution in [3.63, 3.8) is 0 Å². The largest absolute Gasteiger partial charge is 0.495 e. The number of hydrogen-bond donors (Lipinski definition) is 6. The molecule has 0 aliphatic rings. The molecule has 10 nitrogen and oxygen atoms in total. The summed E-state index contributed by atoms with van der Waals surface area (Å²) in [6, 6.07) is 10.6. The van der Waals surface area contributed by atoms with Crippen molar-refractivity contribution < 1.29 is 23.7 Å². The third-order valence-corrected chi connectivity index (χ3v) is 5.47. The van der Waals surface area contributed by atoms with Crippen molar-refractivity contribution in [2.24, 2.45) is 5.73 Å².